The summed E-state index contributed by atoms with van der Waals surface area (Å²) >= 11 is 0. The van der Waals surface area contributed by atoms with Crippen LogP contribution < -0.4 is 5.32 Å². The van der Waals surface area contributed by atoms with Gasteiger partial charge in [0, 0.05) is 18.7 Å². The first-order valence-electron chi connectivity index (χ1n) is 11.7. The van der Waals surface area contributed by atoms with Gasteiger partial charge in [-0.2, -0.15) is 0 Å². The van der Waals surface area contributed by atoms with Crippen LogP contribution in [-0.4, -0.2) is 70.4 Å². The lowest BCUT2D eigenvalue weighted by Gasteiger charge is -2.40. The van der Waals surface area contributed by atoms with Crippen molar-refractivity contribution in [1.82, 2.24) is 15.1 Å². The maximum absolute atomic E-state index is 13.4. The van der Waals surface area contributed by atoms with Crippen molar-refractivity contribution in [3.8, 4) is 0 Å². The van der Waals surface area contributed by atoms with Crippen molar-refractivity contribution in [2.24, 2.45) is 11.8 Å². The Morgan fingerprint density at radius 1 is 1.13 bits per heavy atom. The number of rotatable bonds is 10. The number of nitrogens with one attached hydrogen (secondary N) is 1. The van der Waals surface area contributed by atoms with E-state index in [-0.39, 0.29) is 41.3 Å². The molecule has 0 aromatic heterocycles. The molecule has 7 nitrogen and oxygen atoms in total. The van der Waals surface area contributed by atoms with Gasteiger partial charge in [-0.1, -0.05) is 47.1 Å². The normalized spacial score (nSPS) is 21.0. The number of carbonyl (C=O) groups is 3. The van der Waals surface area contributed by atoms with E-state index in [4.69, 9.17) is 0 Å². The van der Waals surface area contributed by atoms with Gasteiger partial charge in [0.2, 0.25) is 11.8 Å². The summed E-state index contributed by atoms with van der Waals surface area (Å²) in [6.45, 7) is 14.5. The van der Waals surface area contributed by atoms with Gasteiger partial charge in [-0.25, -0.2) is 4.79 Å². The summed E-state index contributed by atoms with van der Waals surface area (Å²) in [5.41, 5.74) is 0.204. The van der Waals surface area contributed by atoms with Crippen molar-refractivity contribution in [2.45, 2.75) is 98.3 Å². The summed E-state index contributed by atoms with van der Waals surface area (Å²) in [4.78, 5) is 41.8. The molecule has 1 unspecified atom stereocenters. The van der Waals surface area contributed by atoms with E-state index in [2.05, 4.69) is 24.1 Å². The predicted octanol–water partition coefficient (Wildman–Crippen LogP) is 3.29. The third kappa shape index (κ3) is 7.34. The van der Waals surface area contributed by atoms with Crippen LogP contribution in [0.15, 0.2) is 11.6 Å². The summed E-state index contributed by atoms with van der Waals surface area (Å²) in [5, 5.41) is 12.3. The third-order valence-electron chi connectivity index (χ3n) is 6.47. The Bertz CT molecular complexity index is 659. The topological polar surface area (TPSA) is 90.0 Å². The molecular weight excluding hydrogens is 394 g/mol. The molecule has 4 atom stereocenters. The zero-order chi connectivity index (χ0) is 23.9. The molecule has 178 valence electrons. The summed E-state index contributed by atoms with van der Waals surface area (Å²) in [7, 11) is 1.69. The molecule has 2 amide bonds. The zero-order valence-corrected chi connectivity index (χ0v) is 20.6. The maximum atomic E-state index is 13.4. The van der Waals surface area contributed by atoms with E-state index in [1.54, 1.807) is 18.0 Å². The molecule has 1 rings (SSSR count). The summed E-state index contributed by atoms with van der Waals surface area (Å²) < 4.78 is 0. The highest BCUT2D eigenvalue weighted by Gasteiger charge is 2.36. The number of likely N-dealkylation sites (N-methyl/N-ethyl adjacent to an activating group) is 1. The lowest BCUT2D eigenvalue weighted by molar-refractivity contribution is -0.140. The van der Waals surface area contributed by atoms with E-state index in [0.29, 0.717) is 6.04 Å². The first-order valence-corrected chi connectivity index (χ1v) is 11.7. The van der Waals surface area contributed by atoms with Crippen molar-refractivity contribution in [2.75, 3.05) is 13.6 Å². The average molecular weight is 438 g/mol. The number of likely N-dealkylation sites (tertiary alicyclic amines) is 1. The Kier molecular flexibility index (Phi) is 10.7. The van der Waals surface area contributed by atoms with Gasteiger partial charge in [-0.05, 0) is 51.5 Å². The van der Waals surface area contributed by atoms with Crippen LogP contribution >= 0.6 is 0 Å². The number of hydrogen-bond acceptors (Lipinski definition) is 4. The van der Waals surface area contributed by atoms with Gasteiger partial charge >= 0.3 is 5.97 Å². The molecule has 1 heterocycles. The van der Waals surface area contributed by atoms with E-state index >= 15 is 0 Å². The number of aliphatic carboxylic acids is 1. The molecule has 0 aliphatic carbocycles. The summed E-state index contributed by atoms with van der Waals surface area (Å²) in [6.07, 6.45) is 5.51. The van der Waals surface area contributed by atoms with Crippen molar-refractivity contribution >= 4 is 17.8 Å². The van der Waals surface area contributed by atoms with Crippen LogP contribution in [0.5, 0.6) is 0 Å². The number of carbonyl (C=O) groups excluding carboxylic acids is 2. The second kappa shape index (κ2) is 12.2. The number of carboxylic acid groups (broad SMARTS) is 1. The van der Waals surface area contributed by atoms with Gasteiger partial charge in [-0.15, -0.1) is 0 Å². The molecule has 0 aromatic carbocycles. The molecule has 0 aromatic rings. The van der Waals surface area contributed by atoms with Gasteiger partial charge in [0.05, 0.1) is 12.1 Å². The minimum atomic E-state index is -0.998. The van der Waals surface area contributed by atoms with Gasteiger partial charge in [0.15, 0.2) is 0 Å². The Labute approximate surface area is 188 Å². The first-order chi connectivity index (χ1) is 14.4. The van der Waals surface area contributed by atoms with Crippen LogP contribution in [0, 0.1) is 11.8 Å². The largest absolute Gasteiger partial charge is 0.478 e. The molecule has 1 fully saturated rings. The fourth-order valence-corrected chi connectivity index (χ4v) is 4.21. The molecule has 2 N–H and O–H groups in total. The molecule has 1 saturated heterocycles. The number of piperidine rings is 1. The molecule has 0 bridgehead atoms. The minimum absolute atomic E-state index is 0.0333. The fourth-order valence-electron chi connectivity index (χ4n) is 4.21. The van der Waals surface area contributed by atoms with E-state index in [1.165, 1.54) is 6.92 Å². The molecular formula is C24H43N3O4. The van der Waals surface area contributed by atoms with Crippen molar-refractivity contribution in [1.29, 1.82) is 0 Å². The van der Waals surface area contributed by atoms with Crippen LogP contribution in [0.2, 0.25) is 0 Å². The lowest BCUT2D eigenvalue weighted by Crippen LogP contribution is -2.59. The molecule has 0 saturated carbocycles. The Balaban J connectivity index is 3.06. The smallest absolute Gasteiger partial charge is 0.331 e. The van der Waals surface area contributed by atoms with Gasteiger partial charge in [-0.3, -0.25) is 14.5 Å². The molecule has 1 aliphatic heterocycles. The molecule has 0 spiro atoms. The second-order valence-corrected chi connectivity index (χ2v) is 9.58. The van der Waals surface area contributed by atoms with E-state index in [0.717, 1.165) is 32.2 Å². The number of hydrogen-bond donors (Lipinski definition) is 2. The Hall–Kier alpha value is -1.89. The highest BCUT2D eigenvalue weighted by atomic mass is 16.4. The van der Waals surface area contributed by atoms with Crippen molar-refractivity contribution in [3.05, 3.63) is 11.6 Å². The monoisotopic (exact) mass is 437 g/mol. The lowest BCUT2D eigenvalue weighted by atomic mass is 9.95. The molecule has 7 heteroatoms. The number of nitrogens with zero attached hydrogens (tertiary/aromatic N) is 2. The van der Waals surface area contributed by atoms with Crippen LogP contribution in [-0.2, 0) is 14.4 Å². The van der Waals surface area contributed by atoms with Crippen molar-refractivity contribution < 1.29 is 19.5 Å². The number of amides is 2. The predicted molar refractivity (Wildman–Crippen MR) is 124 cm³/mol. The quantitative estimate of drug-likeness (QED) is 0.512. The fraction of sp³-hybridized carbons (Fsp3) is 0.792. The average Bonchev–Trinajstić information content (AvgIpc) is 2.73. The summed E-state index contributed by atoms with van der Waals surface area (Å²) in [5.74, 6) is -1.33. The SMILES string of the molecule is CCC(C)N1CCCC[C@@H]1C(=O)N[C@H](C(=O)N(C)[C@H](/C=C(\C)C(=O)O)C(C)C)C(C)C. The molecule has 0 radical (unpaired) electrons. The zero-order valence-electron chi connectivity index (χ0n) is 20.6. The Morgan fingerprint density at radius 3 is 2.23 bits per heavy atom. The third-order valence-corrected chi connectivity index (χ3v) is 6.47. The van der Waals surface area contributed by atoms with Gasteiger partial charge < -0.3 is 15.3 Å². The van der Waals surface area contributed by atoms with Crippen LogP contribution in [0.4, 0.5) is 0 Å². The van der Waals surface area contributed by atoms with E-state index in [1.807, 2.05) is 27.7 Å². The highest BCUT2D eigenvalue weighted by molar-refractivity contribution is 5.90. The second-order valence-electron chi connectivity index (χ2n) is 9.58. The van der Waals surface area contributed by atoms with Crippen LogP contribution in [0.1, 0.15) is 74.1 Å². The highest BCUT2D eigenvalue weighted by Crippen LogP contribution is 2.22. The maximum Gasteiger partial charge on any atom is 0.331 e. The molecule has 31 heavy (non-hydrogen) atoms. The van der Waals surface area contributed by atoms with Crippen molar-refractivity contribution in [3.63, 3.8) is 0 Å². The summed E-state index contributed by atoms with van der Waals surface area (Å²) in [6, 6.07) is -0.912. The first kappa shape index (κ1) is 27.1. The van der Waals surface area contributed by atoms with Gasteiger partial charge in [0.1, 0.15) is 6.04 Å². The molecule has 1 aliphatic rings. The Morgan fingerprint density at radius 2 is 1.74 bits per heavy atom. The standard InChI is InChI=1S/C24H43N3O4/c1-9-18(7)27-13-11-10-12-19(27)22(28)25-21(16(4)5)23(29)26(8)20(15(2)3)14-17(6)24(30)31/h14-16,18-21H,9-13H2,1-8H3,(H,25,28)(H,30,31)/b17-14+/t18?,19-,20-,21+/m1/s1. The minimum Gasteiger partial charge on any atom is -0.478 e. The van der Waals surface area contributed by atoms with Crippen LogP contribution in [0.25, 0.3) is 0 Å². The number of carboxylic acids is 1. The van der Waals surface area contributed by atoms with E-state index < -0.39 is 12.0 Å². The van der Waals surface area contributed by atoms with Gasteiger partial charge in [0.25, 0.3) is 0 Å². The van der Waals surface area contributed by atoms with Crippen LogP contribution in [0.3, 0.4) is 0 Å². The van der Waals surface area contributed by atoms with E-state index in [9.17, 15) is 19.5 Å².